The highest BCUT2D eigenvalue weighted by atomic mass is 35.5. The minimum atomic E-state index is -4.64. The van der Waals surface area contributed by atoms with Gasteiger partial charge < -0.3 is 20.7 Å². The lowest BCUT2D eigenvalue weighted by Gasteiger charge is -2.19. The van der Waals surface area contributed by atoms with E-state index in [1.54, 1.807) is 12.1 Å². The molecule has 46 heavy (non-hydrogen) atoms. The second kappa shape index (κ2) is 13.6. The van der Waals surface area contributed by atoms with E-state index in [1.807, 2.05) is 12.1 Å². The summed E-state index contributed by atoms with van der Waals surface area (Å²) in [6, 6.07) is 12.0. The number of carbonyl (C=O) groups is 2. The van der Waals surface area contributed by atoms with Crippen LogP contribution in [0.25, 0.3) is 0 Å². The molecule has 0 saturated heterocycles. The van der Waals surface area contributed by atoms with Gasteiger partial charge in [-0.2, -0.15) is 28.1 Å². The van der Waals surface area contributed by atoms with Gasteiger partial charge in [0.1, 0.15) is 0 Å². The SMILES string of the molecule is CC(F)(F)CC(=O)NS(=O)(=O)CCNC(=O)c1ccc(Nc2nc(NC3(c4ccc(Cl)cc4)CC3)nc(OCC(F)(F)F)n2)cc1. The van der Waals surface area contributed by atoms with Gasteiger partial charge in [-0.3, -0.25) is 14.3 Å². The first-order valence-corrected chi connectivity index (χ1v) is 15.5. The number of hydrogen-bond donors (Lipinski definition) is 4. The van der Waals surface area contributed by atoms with Gasteiger partial charge in [-0.15, -0.1) is 0 Å². The van der Waals surface area contributed by atoms with E-state index in [-0.39, 0.29) is 17.5 Å². The van der Waals surface area contributed by atoms with Crippen molar-refractivity contribution in [2.45, 2.75) is 43.8 Å². The zero-order valence-corrected chi connectivity index (χ0v) is 25.5. The predicted octanol–water partition coefficient (Wildman–Crippen LogP) is 4.53. The van der Waals surface area contributed by atoms with Crippen LogP contribution in [0.4, 0.5) is 39.5 Å². The maximum absolute atomic E-state index is 12.9. The van der Waals surface area contributed by atoms with Crippen molar-refractivity contribution in [1.82, 2.24) is 25.0 Å². The van der Waals surface area contributed by atoms with Crippen molar-refractivity contribution in [2.75, 3.05) is 29.5 Å². The molecule has 0 radical (unpaired) electrons. The summed E-state index contributed by atoms with van der Waals surface area (Å²) >= 11 is 5.98. The zero-order chi connectivity index (χ0) is 33.8. The molecule has 4 rings (SSSR count). The number of halogens is 6. The topological polar surface area (TPSA) is 164 Å². The Morgan fingerprint density at radius 2 is 1.59 bits per heavy atom. The van der Waals surface area contributed by atoms with Crippen molar-refractivity contribution < 1.29 is 44.7 Å². The van der Waals surface area contributed by atoms with Crippen LogP contribution in [0.2, 0.25) is 5.02 Å². The number of aromatic nitrogens is 3. The number of alkyl halides is 5. The predicted molar refractivity (Wildman–Crippen MR) is 157 cm³/mol. The fourth-order valence-electron chi connectivity index (χ4n) is 4.05. The number of nitrogens with zero attached hydrogens (tertiary/aromatic N) is 3. The monoisotopic (exact) mass is 691 g/mol. The van der Waals surface area contributed by atoms with E-state index in [1.165, 1.54) is 29.0 Å². The van der Waals surface area contributed by atoms with Gasteiger partial charge >= 0.3 is 12.2 Å². The third-order valence-corrected chi connectivity index (χ3v) is 7.81. The van der Waals surface area contributed by atoms with Crippen LogP contribution in [0.1, 0.15) is 42.1 Å². The fourth-order valence-corrected chi connectivity index (χ4v) is 5.07. The molecule has 19 heteroatoms. The molecule has 12 nitrogen and oxygen atoms in total. The Kier molecular flexibility index (Phi) is 10.2. The van der Waals surface area contributed by atoms with Gasteiger partial charge in [-0.25, -0.2) is 17.2 Å². The molecule has 4 N–H and O–H groups in total. The second-order valence-electron chi connectivity index (χ2n) is 10.4. The third kappa shape index (κ3) is 10.6. The first kappa shape index (κ1) is 34.6. The van der Waals surface area contributed by atoms with E-state index in [4.69, 9.17) is 16.3 Å². The summed E-state index contributed by atoms with van der Waals surface area (Å²) in [5.41, 5.74) is 0.743. The summed E-state index contributed by atoms with van der Waals surface area (Å²) in [5, 5.41) is 8.83. The third-order valence-electron chi connectivity index (χ3n) is 6.28. The number of sulfonamides is 1. The molecule has 248 valence electrons. The van der Waals surface area contributed by atoms with Crippen molar-refractivity contribution in [2.24, 2.45) is 0 Å². The normalized spacial score (nSPS) is 14.2. The maximum atomic E-state index is 12.9. The Morgan fingerprint density at radius 3 is 2.17 bits per heavy atom. The molecule has 1 fully saturated rings. The smallest absolute Gasteiger partial charge is 0.422 e. The lowest BCUT2D eigenvalue weighted by atomic mass is 10.1. The van der Waals surface area contributed by atoms with Gasteiger partial charge in [-0.1, -0.05) is 23.7 Å². The largest absolute Gasteiger partial charge is 0.454 e. The molecule has 0 aliphatic heterocycles. The van der Waals surface area contributed by atoms with Gasteiger partial charge in [-0.05, 0) is 61.7 Å². The van der Waals surface area contributed by atoms with Crippen molar-refractivity contribution >= 4 is 51.0 Å². The van der Waals surface area contributed by atoms with Gasteiger partial charge in [0.15, 0.2) is 6.61 Å². The summed E-state index contributed by atoms with van der Waals surface area (Å²) < 4.78 is 94.4. The molecule has 2 aromatic carbocycles. The fraction of sp³-hybridized carbons (Fsp3) is 0.370. The highest BCUT2D eigenvalue weighted by Crippen LogP contribution is 2.48. The lowest BCUT2D eigenvalue weighted by molar-refractivity contribution is -0.154. The summed E-state index contributed by atoms with van der Waals surface area (Å²) in [6.07, 6.45) is -4.56. The molecule has 0 unspecified atom stereocenters. The van der Waals surface area contributed by atoms with E-state index in [0.717, 1.165) is 5.56 Å². The number of amides is 2. The highest BCUT2D eigenvalue weighted by molar-refractivity contribution is 7.90. The average Bonchev–Trinajstić information content (AvgIpc) is 3.71. The summed E-state index contributed by atoms with van der Waals surface area (Å²) in [5.74, 6) is -6.40. The Morgan fingerprint density at radius 1 is 0.957 bits per heavy atom. The van der Waals surface area contributed by atoms with E-state index < -0.39 is 70.8 Å². The first-order chi connectivity index (χ1) is 21.4. The standard InChI is InChI=1S/C27H27ClF5N7O5S/c1-25(29,30)14-20(41)40-46(43,44)13-12-34-21(42)16-2-8-19(9-3-16)35-22-36-23(38-24(37-22)45-15-27(31,32)33)39-26(10-11-26)17-4-6-18(28)7-5-17/h2-9H,10-15H2,1H3,(H,34,42)(H,40,41)(H2,35,36,37,38,39). The van der Waals surface area contributed by atoms with E-state index in [2.05, 4.69) is 30.9 Å². The van der Waals surface area contributed by atoms with Gasteiger partial charge in [0.05, 0.1) is 17.7 Å². The van der Waals surface area contributed by atoms with Crippen LogP contribution < -0.4 is 25.4 Å². The Labute approximate surface area is 264 Å². The van der Waals surface area contributed by atoms with E-state index >= 15 is 0 Å². The molecular weight excluding hydrogens is 665 g/mol. The van der Waals surface area contributed by atoms with Crippen LogP contribution in [0, 0.1) is 0 Å². The molecule has 3 aromatic rings. The molecular formula is C27H27ClF5N7O5S. The Hall–Kier alpha value is -4.32. The number of carbonyl (C=O) groups excluding carboxylic acids is 2. The molecule has 2 amide bonds. The van der Waals surface area contributed by atoms with Crippen LogP contribution in [-0.4, -0.2) is 66.2 Å². The van der Waals surface area contributed by atoms with E-state index in [0.29, 0.717) is 30.5 Å². The second-order valence-corrected chi connectivity index (χ2v) is 12.7. The van der Waals surface area contributed by atoms with Crippen molar-refractivity contribution in [1.29, 1.82) is 0 Å². The molecule has 0 bridgehead atoms. The molecule has 1 heterocycles. The zero-order valence-electron chi connectivity index (χ0n) is 23.9. The quantitative estimate of drug-likeness (QED) is 0.177. The van der Waals surface area contributed by atoms with E-state index in [9.17, 15) is 40.0 Å². The van der Waals surface area contributed by atoms with Crippen LogP contribution in [0.3, 0.4) is 0 Å². The number of nitrogens with one attached hydrogen (secondary N) is 4. The highest BCUT2D eigenvalue weighted by Gasteiger charge is 2.45. The van der Waals surface area contributed by atoms with Crippen molar-refractivity contribution in [3.63, 3.8) is 0 Å². The van der Waals surface area contributed by atoms with Gasteiger partial charge in [0, 0.05) is 22.8 Å². The van der Waals surface area contributed by atoms with Crippen molar-refractivity contribution in [3.8, 4) is 6.01 Å². The van der Waals surface area contributed by atoms with Crippen molar-refractivity contribution in [3.05, 3.63) is 64.7 Å². The van der Waals surface area contributed by atoms with Gasteiger partial charge in [0.25, 0.3) is 11.8 Å². The summed E-state index contributed by atoms with van der Waals surface area (Å²) in [7, 11) is -4.28. The van der Waals surface area contributed by atoms with Gasteiger partial charge in [0.2, 0.25) is 27.8 Å². The van der Waals surface area contributed by atoms with Crippen LogP contribution in [0.5, 0.6) is 6.01 Å². The minimum absolute atomic E-state index is 0.0485. The van der Waals surface area contributed by atoms with Crippen LogP contribution >= 0.6 is 11.6 Å². The molecule has 1 aliphatic carbocycles. The van der Waals surface area contributed by atoms with Crippen LogP contribution in [-0.2, 0) is 20.4 Å². The molecule has 1 saturated carbocycles. The number of hydrogen-bond acceptors (Lipinski definition) is 10. The molecule has 0 atom stereocenters. The first-order valence-electron chi connectivity index (χ1n) is 13.5. The van der Waals surface area contributed by atoms with Crippen LogP contribution in [0.15, 0.2) is 48.5 Å². The number of benzene rings is 2. The molecule has 0 spiro atoms. The average molecular weight is 692 g/mol. The lowest BCUT2D eigenvalue weighted by Crippen LogP contribution is -2.39. The Balaban J connectivity index is 1.40. The number of ether oxygens (including phenoxy) is 1. The Bertz CT molecular complexity index is 1670. The summed E-state index contributed by atoms with van der Waals surface area (Å²) in [4.78, 5) is 36.1. The molecule has 1 aliphatic rings. The number of anilines is 3. The maximum Gasteiger partial charge on any atom is 0.422 e. The molecule has 1 aromatic heterocycles. The summed E-state index contributed by atoms with van der Waals surface area (Å²) in [6.45, 7) is -1.59. The minimum Gasteiger partial charge on any atom is -0.454 e. The number of rotatable bonds is 14.